The van der Waals surface area contributed by atoms with Gasteiger partial charge in [-0.1, -0.05) is 0 Å². The van der Waals surface area contributed by atoms with Gasteiger partial charge in [0.25, 0.3) is 0 Å². The summed E-state index contributed by atoms with van der Waals surface area (Å²) in [6, 6.07) is 0. The first-order chi connectivity index (χ1) is 1.41. The van der Waals surface area contributed by atoms with E-state index in [1.165, 1.54) is 0 Å². The van der Waals surface area contributed by atoms with Crippen molar-refractivity contribution < 1.29 is 0 Å². The van der Waals surface area contributed by atoms with E-state index >= 15 is 0 Å². The average Bonchev–Trinajstić information content (AvgIpc) is 0.918. The Morgan fingerprint density at radius 3 is 1.25 bits per heavy atom. The summed E-state index contributed by atoms with van der Waals surface area (Å²) in [6.07, 6.45) is 0. The Morgan fingerprint density at radius 1 is 1.25 bits per heavy atom. The molecule has 0 aromatic heterocycles. The molecule has 4 heteroatoms. The van der Waals surface area contributed by atoms with Gasteiger partial charge in [0.15, 0.2) is 0 Å². The Kier molecular flexibility index (Phi) is 20.0. The summed E-state index contributed by atoms with van der Waals surface area (Å²) in [5, 5.41) is 0. The molecule has 0 heterocycles. The summed E-state index contributed by atoms with van der Waals surface area (Å²) in [7, 11) is 9.78. The van der Waals surface area contributed by atoms with Gasteiger partial charge in [-0.25, -0.2) is 0 Å². The quantitative estimate of drug-likeness (QED) is 0.494. The molecule has 0 aliphatic rings. The van der Waals surface area contributed by atoms with Crippen LogP contribution < -0.4 is 0 Å². The summed E-state index contributed by atoms with van der Waals surface area (Å²) in [5.74, 6) is 0. The molecule has 0 amide bonds. The second-order valence-electron chi connectivity index (χ2n) is 0.0714. The van der Waals surface area contributed by atoms with Crippen LogP contribution in [0.3, 0.4) is 0 Å². The third-order valence-electron chi connectivity index (χ3n) is 0. The predicted molar refractivity (Wildman–Crippen MR) is 26.1 cm³/mol. The molecule has 0 nitrogen and oxygen atoms in total. The minimum atomic E-state index is -0.556. The topological polar surface area (TPSA) is 0 Å². The molecule has 0 spiro atoms. The number of hydrogen-bond donors (Lipinski definition) is 0. The van der Waals surface area contributed by atoms with Gasteiger partial charge in [0.1, 0.15) is 0 Å². The van der Waals surface area contributed by atoms with Crippen LogP contribution in [0.4, 0.5) is 0 Å². The summed E-state index contributed by atoms with van der Waals surface area (Å²) in [6.45, 7) is 0. The van der Waals surface area contributed by atoms with E-state index in [9.17, 15) is 0 Å². The first-order valence-corrected chi connectivity index (χ1v) is 5.89. The number of halogens is 3. The van der Waals surface area contributed by atoms with E-state index in [1.54, 1.807) is 0 Å². The Morgan fingerprint density at radius 2 is 1.25 bits per heavy atom. The second kappa shape index (κ2) is 8.83. The Labute approximate surface area is 46.3 Å². The molecule has 0 aromatic rings. The van der Waals surface area contributed by atoms with Crippen LogP contribution in [0.2, 0.25) is 0 Å². The van der Waals surface area contributed by atoms with E-state index in [4.69, 9.17) is 19.9 Å². The monoisotopic (exact) mass is 182 g/mol. The molecule has 0 aromatic carbocycles. The van der Waals surface area contributed by atoms with E-state index in [1.807, 2.05) is 0 Å². The molecule has 0 unspecified atom stereocenters. The van der Waals surface area contributed by atoms with Crippen molar-refractivity contribution in [3.05, 3.63) is 0 Å². The molecule has 0 radical (unpaired) electrons. The summed E-state index contributed by atoms with van der Waals surface area (Å²) in [4.78, 5) is 0. The summed E-state index contributed by atoms with van der Waals surface area (Å²) < 4.78 is 0. The van der Waals surface area contributed by atoms with Gasteiger partial charge in [-0.3, -0.25) is 0 Å². The Hall–Kier alpha value is 1.43. The molecule has 0 rings (SSSR count). The molecule has 0 N–H and O–H groups in total. The van der Waals surface area contributed by atoms with Gasteiger partial charge in [0.05, 0.1) is 0 Å². The van der Waals surface area contributed by atoms with Crippen molar-refractivity contribution in [2.45, 2.75) is 0 Å². The summed E-state index contributed by atoms with van der Waals surface area (Å²) >= 11 is -0.556. The van der Waals surface area contributed by atoms with Crippen LogP contribution in [0.25, 0.3) is 0 Å². The van der Waals surface area contributed by atoms with Crippen LogP contribution in [0.1, 0.15) is 0 Å². The maximum absolute atomic E-state index is 4.89. The van der Waals surface area contributed by atoms with Gasteiger partial charge < -0.3 is 0 Å². The Bertz CT molecular complexity index is 3.25. The normalized spacial score (nSPS) is 4.50. The van der Waals surface area contributed by atoms with Gasteiger partial charge in [0.2, 0.25) is 0 Å². The van der Waals surface area contributed by atoms with Crippen molar-refractivity contribution in [3.63, 3.8) is 0 Å². The van der Waals surface area contributed by atoms with Crippen LogP contribution in [-0.4, -0.2) is 13.9 Å². The van der Waals surface area contributed by atoms with Crippen molar-refractivity contribution in [1.29, 1.82) is 0 Å². The van der Waals surface area contributed by atoms with Gasteiger partial charge >= 0.3 is 33.8 Å². The molecule has 0 aliphatic heterocycles. The van der Waals surface area contributed by atoms with Gasteiger partial charge in [-0.15, -0.1) is 12.4 Å². The zero-order valence-corrected chi connectivity index (χ0v) is 6.09. The fraction of sp³-hybridized carbons (Fsp3) is 0. The van der Waals surface area contributed by atoms with Crippen LogP contribution in [0, 0.1) is 0 Å². The number of rotatable bonds is 0. The van der Waals surface area contributed by atoms with E-state index in [0.717, 1.165) is 0 Å². The van der Waals surface area contributed by atoms with Gasteiger partial charge in [-0.05, 0) is 0 Å². The number of hydrogen-bond acceptors (Lipinski definition) is 0. The molecule has 0 bridgehead atoms. The fourth-order valence-electron chi connectivity index (χ4n) is 0. The minimum absolute atomic E-state index is 0. The molecular weight excluding hydrogens is 181 g/mol. The van der Waals surface area contributed by atoms with E-state index in [0.29, 0.717) is 0 Å². The fourth-order valence-corrected chi connectivity index (χ4v) is 0. The SMILES string of the molecule is Cl.Cl[AsH]Cl. The van der Waals surface area contributed by atoms with Crippen molar-refractivity contribution >= 4 is 46.2 Å². The standard InChI is InChI=1S/AsCl2H.ClH/c2-1-3;/h1H;1H. The molecule has 0 aliphatic carbocycles. The third kappa shape index (κ3) is 9.91. The zero-order chi connectivity index (χ0) is 2.71. The van der Waals surface area contributed by atoms with Crippen molar-refractivity contribution in [3.8, 4) is 0 Å². The molecule has 0 atom stereocenters. The maximum atomic E-state index is 4.89. The molecule has 0 saturated carbocycles. The van der Waals surface area contributed by atoms with Crippen LogP contribution in [0.5, 0.6) is 0 Å². The second-order valence-corrected chi connectivity index (χ2v) is 3.34. The average molecular weight is 183 g/mol. The van der Waals surface area contributed by atoms with Crippen molar-refractivity contribution in [2.24, 2.45) is 0 Å². The summed E-state index contributed by atoms with van der Waals surface area (Å²) in [5.41, 5.74) is 0. The van der Waals surface area contributed by atoms with E-state index < -0.39 is 13.9 Å². The molecular formula is H2AsCl3. The van der Waals surface area contributed by atoms with Crippen LogP contribution in [-0.2, 0) is 0 Å². The molecule has 28 valence electrons. The molecule has 0 saturated heterocycles. The zero-order valence-electron chi connectivity index (χ0n) is 1.66. The van der Waals surface area contributed by atoms with Gasteiger partial charge in [-0.2, -0.15) is 0 Å². The first kappa shape index (κ1) is 9.06. The van der Waals surface area contributed by atoms with E-state index in [-0.39, 0.29) is 12.4 Å². The van der Waals surface area contributed by atoms with Crippen LogP contribution >= 0.6 is 32.3 Å². The van der Waals surface area contributed by atoms with Crippen molar-refractivity contribution in [2.75, 3.05) is 0 Å². The molecule has 4 heavy (non-hydrogen) atoms. The van der Waals surface area contributed by atoms with E-state index in [2.05, 4.69) is 0 Å². The van der Waals surface area contributed by atoms with Crippen molar-refractivity contribution in [1.82, 2.24) is 0 Å². The predicted octanol–water partition coefficient (Wildman–Crippen LogP) is 1.15. The third-order valence-corrected chi connectivity index (χ3v) is 0. The first-order valence-electron chi connectivity index (χ1n) is 0.378. The Balaban J connectivity index is 0. The van der Waals surface area contributed by atoms with Gasteiger partial charge in [0, 0.05) is 0 Å². The van der Waals surface area contributed by atoms with Crippen LogP contribution in [0.15, 0.2) is 0 Å². The molecule has 0 fully saturated rings.